The van der Waals surface area contributed by atoms with E-state index in [-0.39, 0.29) is 5.76 Å². The predicted octanol–water partition coefficient (Wildman–Crippen LogP) is 4.06. The van der Waals surface area contributed by atoms with Gasteiger partial charge in [-0.3, -0.25) is 0 Å². The zero-order valence-electron chi connectivity index (χ0n) is 14.1. The fourth-order valence-electron chi connectivity index (χ4n) is 2.55. The molecule has 0 aliphatic carbocycles. The lowest BCUT2D eigenvalue weighted by atomic mass is 10.1. The first-order valence-electron chi connectivity index (χ1n) is 8.08. The molecular weight excluding hydrogens is 364 g/mol. The average molecular weight is 381 g/mol. The van der Waals surface area contributed by atoms with Gasteiger partial charge in [0.05, 0.1) is 0 Å². The van der Waals surface area contributed by atoms with Crippen LogP contribution in [0, 0.1) is 6.92 Å². The number of anilines is 1. The van der Waals surface area contributed by atoms with Gasteiger partial charge in [0, 0.05) is 22.8 Å². The van der Waals surface area contributed by atoms with Crippen molar-refractivity contribution in [1.29, 1.82) is 0 Å². The first-order valence-corrected chi connectivity index (χ1v) is 8.86. The standard InChI is InChI=1S/C21H17ClN2OS/c1-15-9-3-6-12-18(15)23-21(26)19(24-13-7-2-8-14-24)20(25)16-10-4-5-11-17(16)22/h2-14H,1H3,(H-,23,25,26). The molecule has 3 rings (SSSR count). The summed E-state index contributed by atoms with van der Waals surface area (Å²) in [6, 6.07) is 20.3. The van der Waals surface area contributed by atoms with E-state index in [9.17, 15) is 5.11 Å². The summed E-state index contributed by atoms with van der Waals surface area (Å²) in [5.74, 6) is -0.238. The minimum Gasteiger partial charge on any atom is -0.867 e. The molecule has 0 spiro atoms. The monoisotopic (exact) mass is 380 g/mol. The van der Waals surface area contributed by atoms with Crippen LogP contribution in [0.4, 0.5) is 5.69 Å². The summed E-state index contributed by atoms with van der Waals surface area (Å²) in [6.07, 6.45) is 3.58. The van der Waals surface area contributed by atoms with Crippen LogP contribution in [-0.2, 0) is 0 Å². The minimum absolute atomic E-state index is 0.238. The van der Waals surface area contributed by atoms with Crippen LogP contribution in [0.2, 0.25) is 5.02 Å². The van der Waals surface area contributed by atoms with E-state index in [0.29, 0.717) is 21.3 Å². The van der Waals surface area contributed by atoms with E-state index in [1.54, 1.807) is 41.2 Å². The molecule has 0 amide bonds. The molecule has 0 radical (unpaired) electrons. The number of pyridine rings is 1. The van der Waals surface area contributed by atoms with Gasteiger partial charge in [-0.25, -0.2) is 0 Å². The molecule has 0 saturated heterocycles. The fourth-order valence-corrected chi connectivity index (χ4v) is 3.08. The zero-order chi connectivity index (χ0) is 18.5. The number of thiocarbonyl (C=S) groups is 1. The first kappa shape index (κ1) is 18.1. The summed E-state index contributed by atoms with van der Waals surface area (Å²) in [4.78, 5) is 0.334. The molecule has 0 saturated carbocycles. The highest BCUT2D eigenvalue weighted by Crippen LogP contribution is 2.24. The number of nitrogens with one attached hydrogen (secondary N) is 1. The molecular formula is C21H17ClN2OS. The van der Waals surface area contributed by atoms with Gasteiger partial charge in [-0.2, -0.15) is 4.57 Å². The van der Waals surface area contributed by atoms with Gasteiger partial charge >= 0.3 is 0 Å². The lowest BCUT2D eigenvalue weighted by molar-refractivity contribution is -0.577. The Balaban J connectivity index is 2.10. The van der Waals surface area contributed by atoms with Gasteiger partial charge in [0.1, 0.15) is 0 Å². The Bertz CT molecular complexity index is 971. The number of nitrogens with zero attached hydrogens (tertiary/aromatic N) is 1. The summed E-state index contributed by atoms with van der Waals surface area (Å²) in [5, 5.41) is 16.8. The Morgan fingerprint density at radius 3 is 2.31 bits per heavy atom. The molecule has 0 fully saturated rings. The largest absolute Gasteiger partial charge is 0.867 e. The average Bonchev–Trinajstić information content (AvgIpc) is 2.65. The van der Waals surface area contributed by atoms with Crippen molar-refractivity contribution in [1.82, 2.24) is 0 Å². The molecule has 2 aromatic carbocycles. The molecule has 1 N–H and O–H groups in total. The molecule has 130 valence electrons. The highest BCUT2D eigenvalue weighted by Gasteiger charge is 2.19. The van der Waals surface area contributed by atoms with E-state index in [0.717, 1.165) is 11.3 Å². The van der Waals surface area contributed by atoms with Crippen LogP contribution < -0.4 is 15.0 Å². The van der Waals surface area contributed by atoms with Gasteiger partial charge in [-0.05, 0) is 35.9 Å². The minimum atomic E-state index is -0.238. The SMILES string of the molecule is Cc1ccccc1NC(=S)C(=C([O-])c1ccccc1Cl)[n+]1ccccc1. The van der Waals surface area contributed by atoms with Gasteiger partial charge in [0.15, 0.2) is 17.4 Å². The number of aryl methyl sites for hydroxylation is 1. The third-order valence-corrected chi connectivity index (χ3v) is 4.54. The summed E-state index contributed by atoms with van der Waals surface area (Å²) < 4.78 is 1.71. The first-order chi connectivity index (χ1) is 12.6. The third-order valence-electron chi connectivity index (χ3n) is 3.92. The van der Waals surface area contributed by atoms with Crippen LogP contribution in [0.25, 0.3) is 11.5 Å². The van der Waals surface area contributed by atoms with Crippen LogP contribution in [0.1, 0.15) is 11.1 Å². The molecule has 5 heteroatoms. The van der Waals surface area contributed by atoms with Crippen LogP contribution in [-0.4, -0.2) is 4.99 Å². The lowest BCUT2D eigenvalue weighted by Gasteiger charge is -2.18. The fraction of sp³-hybridized carbons (Fsp3) is 0.0476. The van der Waals surface area contributed by atoms with E-state index in [1.807, 2.05) is 49.4 Å². The van der Waals surface area contributed by atoms with E-state index >= 15 is 0 Å². The molecule has 3 aromatic rings. The number of rotatable bonds is 4. The summed E-state index contributed by atoms with van der Waals surface area (Å²) in [5.41, 5.74) is 2.65. The number of halogens is 1. The third kappa shape index (κ3) is 3.93. The Labute approximate surface area is 163 Å². The molecule has 0 atom stereocenters. The van der Waals surface area contributed by atoms with E-state index in [2.05, 4.69) is 5.32 Å². The Morgan fingerprint density at radius 1 is 0.962 bits per heavy atom. The van der Waals surface area contributed by atoms with Crippen molar-refractivity contribution in [3.63, 3.8) is 0 Å². The van der Waals surface area contributed by atoms with Crippen molar-refractivity contribution in [3.8, 4) is 0 Å². The van der Waals surface area contributed by atoms with Gasteiger partial charge in [-0.15, -0.1) is 0 Å². The van der Waals surface area contributed by atoms with Crippen LogP contribution in [0.15, 0.2) is 79.1 Å². The molecule has 26 heavy (non-hydrogen) atoms. The van der Waals surface area contributed by atoms with E-state index in [1.165, 1.54) is 0 Å². The molecule has 0 bridgehead atoms. The topological polar surface area (TPSA) is 39.0 Å². The van der Waals surface area contributed by atoms with E-state index in [4.69, 9.17) is 23.8 Å². The summed E-state index contributed by atoms with van der Waals surface area (Å²) in [6.45, 7) is 1.98. The molecule has 0 aliphatic heterocycles. The summed E-state index contributed by atoms with van der Waals surface area (Å²) in [7, 11) is 0. The zero-order valence-corrected chi connectivity index (χ0v) is 15.7. The number of para-hydroxylation sites is 1. The molecule has 1 heterocycles. The normalized spacial score (nSPS) is 11.6. The van der Waals surface area contributed by atoms with Crippen molar-refractivity contribution in [2.24, 2.45) is 0 Å². The maximum atomic E-state index is 13.2. The summed E-state index contributed by atoms with van der Waals surface area (Å²) >= 11 is 11.8. The lowest BCUT2D eigenvalue weighted by Crippen LogP contribution is -2.39. The molecule has 0 unspecified atom stereocenters. The van der Waals surface area contributed by atoms with Gasteiger partial charge in [0.2, 0.25) is 5.70 Å². The predicted molar refractivity (Wildman–Crippen MR) is 109 cm³/mol. The number of aromatic nitrogens is 1. The van der Waals surface area contributed by atoms with E-state index < -0.39 is 0 Å². The highest BCUT2D eigenvalue weighted by atomic mass is 35.5. The number of hydrogen-bond acceptors (Lipinski definition) is 2. The maximum Gasteiger partial charge on any atom is 0.238 e. The van der Waals surface area contributed by atoms with Crippen LogP contribution in [0.3, 0.4) is 0 Å². The second kappa shape index (κ2) is 8.13. The molecule has 1 aromatic heterocycles. The van der Waals surface area contributed by atoms with Gasteiger partial charge in [-0.1, -0.05) is 66.3 Å². The van der Waals surface area contributed by atoms with Crippen LogP contribution >= 0.6 is 23.8 Å². The Kier molecular flexibility index (Phi) is 5.66. The highest BCUT2D eigenvalue weighted by molar-refractivity contribution is 7.81. The van der Waals surface area contributed by atoms with Gasteiger partial charge < -0.3 is 10.4 Å². The van der Waals surface area contributed by atoms with Crippen molar-refractivity contribution in [3.05, 3.63) is 95.3 Å². The van der Waals surface area contributed by atoms with Crippen molar-refractivity contribution in [2.75, 3.05) is 5.32 Å². The maximum absolute atomic E-state index is 13.2. The van der Waals surface area contributed by atoms with Crippen molar-refractivity contribution < 1.29 is 9.67 Å². The Morgan fingerprint density at radius 2 is 1.62 bits per heavy atom. The quantitative estimate of drug-likeness (QED) is 0.321. The molecule has 3 nitrogen and oxygen atoms in total. The van der Waals surface area contributed by atoms with Crippen molar-refractivity contribution in [2.45, 2.75) is 6.92 Å². The number of benzene rings is 2. The second-order valence-corrected chi connectivity index (χ2v) is 6.52. The van der Waals surface area contributed by atoms with Crippen molar-refractivity contribution >= 4 is 46.0 Å². The Hall–Kier alpha value is -2.69. The molecule has 0 aliphatic rings. The van der Waals surface area contributed by atoms with Gasteiger partial charge in [0.25, 0.3) is 0 Å². The smallest absolute Gasteiger partial charge is 0.238 e. The number of hydrogen-bond donors (Lipinski definition) is 1. The second-order valence-electron chi connectivity index (χ2n) is 5.71. The van der Waals surface area contributed by atoms with Crippen LogP contribution in [0.5, 0.6) is 0 Å².